The van der Waals surface area contributed by atoms with Gasteiger partial charge < -0.3 is 4.74 Å². The van der Waals surface area contributed by atoms with Gasteiger partial charge in [-0.1, -0.05) is 50.1 Å². The van der Waals surface area contributed by atoms with Crippen LogP contribution in [0.5, 0.6) is 0 Å². The van der Waals surface area contributed by atoms with Crippen molar-refractivity contribution in [2.45, 2.75) is 32.6 Å². The number of hydrogen-bond acceptors (Lipinski definition) is 2. The Hall–Kier alpha value is -1.15. The van der Waals surface area contributed by atoms with Gasteiger partial charge in [-0.15, -0.1) is 0 Å². The van der Waals surface area contributed by atoms with E-state index in [-0.39, 0.29) is 5.78 Å². The average Bonchev–Trinajstić information content (AvgIpc) is 2.34. The minimum absolute atomic E-state index is 0.163. The van der Waals surface area contributed by atoms with Crippen molar-refractivity contribution in [2.75, 3.05) is 13.2 Å². The molecule has 0 N–H and O–H groups in total. The van der Waals surface area contributed by atoms with Gasteiger partial charge in [-0.2, -0.15) is 0 Å². The van der Waals surface area contributed by atoms with Crippen molar-refractivity contribution in [1.82, 2.24) is 0 Å². The maximum atomic E-state index is 11.7. The molecule has 0 spiro atoms. The maximum Gasteiger partial charge on any atom is 0.165 e. The average molecular weight is 220 g/mol. The molecule has 1 rings (SSSR count). The van der Waals surface area contributed by atoms with E-state index < -0.39 is 0 Å². The summed E-state index contributed by atoms with van der Waals surface area (Å²) < 4.78 is 5.41. The molecule has 2 heteroatoms. The zero-order valence-electron chi connectivity index (χ0n) is 9.95. The summed E-state index contributed by atoms with van der Waals surface area (Å²) in [6, 6.07) is 9.38. The zero-order chi connectivity index (χ0) is 11.6. The molecule has 0 bridgehead atoms. The number of ketones is 1. The molecule has 0 aliphatic rings. The predicted octanol–water partition coefficient (Wildman–Crippen LogP) is 3.47. The van der Waals surface area contributed by atoms with Gasteiger partial charge in [0, 0.05) is 18.6 Å². The van der Waals surface area contributed by atoms with Crippen molar-refractivity contribution in [3.8, 4) is 0 Å². The lowest BCUT2D eigenvalue weighted by molar-refractivity contribution is 0.0872. The summed E-state index contributed by atoms with van der Waals surface area (Å²) in [7, 11) is 0. The van der Waals surface area contributed by atoms with Crippen molar-refractivity contribution in [2.24, 2.45) is 0 Å². The number of hydrogen-bond donors (Lipinski definition) is 0. The normalized spacial score (nSPS) is 10.3. The van der Waals surface area contributed by atoms with Gasteiger partial charge >= 0.3 is 0 Å². The molecule has 0 aliphatic heterocycles. The lowest BCUT2D eigenvalue weighted by Gasteiger charge is -2.03. The molecular weight excluding hydrogens is 200 g/mol. The van der Waals surface area contributed by atoms with Crippen molar-refractivity contribution >= 4 is 5.78 Å². The Kier molecular flexibility index (Phi) is 6.50. The topological polar surface area (TPSA) is 26.3 Å². The number of carbonyl (C=O) groups is 1. The van der Waals surface area contributed by atoms with E-state index in [9.17, 15) is 4.79 Å². The van der Waals surface area contributed by atoms with Gasteiger partial charge in [-0.05, 0) is 6.42 Å². The predicted molar refractivity (Wildman–Crippen MR) is 65.7 cm³/mol. The Labute approximate surface area is 97.6 Å². The molecule has 2 nitrogen and oxygen atoms in total. The first-order chi connectivity index (χ1) is 7.84. The molecule has 1 aromatic carbocycles. The van der Waals surface area contributed by atoms with Crippen LogP contribution in [0, 0.1) is 0 Å². The molecule has 0 unspecified atom stereocenters. The highest BCUT2D eigenvalue weighted by Gasteiger charge is 2.03. The Bertz CT molecular complexity index is 293. The van der Waals surface area contributed by atoms with Crippen LogP contribution < -0.4 is 0 Å². The van der Waals surface area contributed by atoms with Crippen molar-refractivity contribution in [1.29, 1.82) is 0 Å². The Morgan fingerprint density at radius 2 is 1.88 bits per heavy atom. The lowest BCUT2D eigenvalue weighted by Crippen LogP contribution is -2.05. The van der Waals surface area contributed by atoms with Crippen LogP contribution in [0.3, 0.4) is 0 Å². The lowest BCUT2D eigenvalue weighted by atomic mass is 10.1. The molecule has 0 radical (unpaired) electrons. The van der Waals surface area contributed by atoms with Gasteiger partial charge in [0.05, 0.1) is 6.61 Å². The third-order valence-corrected chi connectivity index (χ3v) is 2.46. The first-order valence-electron chi connectivity index (χ1n) is 6.00. The fourth-order valence-electron chi connectivity index (χ4n) is 1.49. The maximum absolute atomic E-state index is 11.7. The SMILES string of the molecule is CCCCCOCCC(=O)c1ccccc1. The van der Waals surface area contributed by atoms with Gasteiger partial charge in [0.2, 0.25) is 0 Å². The fourth-order valence-corrected chi connectivity index (χ4v) is 1.49. The van der Waals surface area contributed by atoms with E-state index >= 15 is 0 Å². The van der Waals surface area contributed by atoms with E-state index in [2.05, 4.69) is 6.92 Å². The van der Waals surface area contributed by atoms with Gasteiger partial charge in [0.15, 0.2) is 5.78 Å². The smallest absolute Gasteiger partial charge is 0.165 e. The summed E-state index contributed by atoms with van der Waals surface area (Å²) in [5.41, 5.74) is 0.777. The second-order valence-corrected chi connectivity index (χ2v) is 3.86. The van der Waals surface area contributed by atoms with Crippen LogP contribution in [0.2, 0.25) is 0 Å². The summed E-state index contributed by atoms with van der Waals surface area (Å²) in [6.07, 6.45) is 3.98. The number of rotatable bonds is 8. The summed E-state index contributed by atoms with van der Waals surface area (Å²) in [6.45, 7) is 3.48. The fraction of sp³-hybridized carbons (Fsp3) is 0.500. The van der Waals surface area contributed by atoms with Gasteiger partial charge in [-0.3, -0.25) is 4.79 Å². The summed E-state index contributed by atoms with van der Waals surface area (Å²) in [5.74, 6) is 0.163. The number of unbranched alkanes of at least 4 members (excludes halogenated alkanes) is 2. The summed E-state index contributed by atoms with van der Waals surface area (Å²) in [5, 5.41) is 0. The number of benzene rings is 1. The van der Waals surface area contributed by atoms with Crippen molar-refractivity contribution < 1.29 is 9.53 Å². The molecule has 0 fully saturated rings. The number of Topliss-reactive ketones (excluding diaryl/α,β-unsaturated/α-hetero) is 1. The van der Waals surface area contributed by atoms with Crippen LogP contribution >= 0.6 is 0 Å². The highest BCUT2D eigenvalue weighted by atomic mass is 16.5. The molecule has 0 saturated heterocycles. The van der Waals surface area contributed by atoms with Gasteiger partial charge in [0.25, 0.3) is 0 Å². The van der Waals surface area contributed by atoms with Crippen LogP contribution in [-0.4, -0.2) is 19.0 Å². The number of ether oxygens (including phenoxy) is 1. The van der Waals surface area contributed by atoms with Crippen LogP contribution in [-0.2, 0) is 4.74 Å². The molecule has 0 aliphatic carbocycles. The Morgan fingerprint density at radius 1 is 1.12 bits per heavy atom. The van der Waals surface area contributed by atoms with Crippen LogP contribution in [0.1, 0.15) is 43.0 Å². The minimum Gasteiger partial charge on any atom is -0.381 e. The number of carbonyl (C=O) groups excluding carboxylic acids is 1. The molecular formula is C14H20O2. The minimum atomic E-state index is 0.163. The molecule has 0 amide bonds. The third-order valence-electron chi connectivity index (χ3n) is 2.46. The molecule has 0 heterocycles. The van der Waals surface area contributed by atoms with Gasteiger partial charge in [0.1, 0.15) is 0 Å². The van der Waals surface area contributed by atoms with Gasteiger partial charge in [-0.25, -0.2) is 0 Å². The van der Waals surface area contributed by atoms with Crippen LogP contribution in [0.25, 0.3) is 0 Å². The highest BCUT2D eigenvalue weighted by molar-refractivity contribution is 5.96. The first-order valence-corrected chi connectivity index (χ1v) is 6.00. The Balaban J connectivity index is 2.12. The standard InChI is InChI=1S/C14H20O2/c1-2-3-7-11-16-12-10-14(15)13-8-5-4-6-9-13/h4-6,8-9H,2-3,7,10-12H2,1H3. The second kappa shape index (κ2) is 8.05. The quantitative estimate of drug-likeness (QED) is 0.495. The van der Waals surface area contributed by atoms with Crippen LogP contribution in [0.4, 0.5) is 0 Å². The van der Waals surface area contributed by atoms with E-state index in [0.717, 1.165) is 18.6 Å². The van der Waals surface area contributed by atoms with Crippen molar-refractivity contribution in [3.05, 3.63) is 35.9 Å². The molecule has 0 saturated carbocycles. The summed E-state index contributed by atoms with van der Waals surface area (Å²) >= 11 is 0. The molecule has 0 aromatic heterocycles. The second-order valence-electron chi connectivity index (χ2n) is 3.86. The highest BCUT2D eigenvalue weighted by Crippen LogP contribution is 2.03. The van der Waals surface area contributed by atoms with Crippen molar-refractivity contribution in [3.63, 3.8) is 0 Å². The molecule has 16 heavy (non-hydrogen) atoms. The largest absolute Gasteiger partial charge is 0.381 e. The van der Waals surface area contributed by atoms with E-state index in [1.165, 1.54) is 12.8 Å². The van der Waals surface area contributed by atoms with E-state index in [1.807, 2.05) is 30.3 Å². The van der Waals surface area contributed by atoms with E-state index in [0.29, 0.717) is 13.0 Å². The molecule has 88 valence electrons. The summed E-state index contributed by atoms with van der Waals surface area (Å²) in [4.78, 5) is 11.7. The molecule has 0 atom stereocenters. The van der Waals surface area contributed by atoms with Crippen LogP contribution in [0.15, 0.2) is 30.3 Å². The third kappa shape index (κ3) is 5.08. The van der Waals surface area contributed by atoms with E-state index in [4.69, 9.17) is 4.74 Å². The first kappa shape index (κ1) is 12.9. The Morgan fingerprint density at radius 3 is 2.56 bits per heavy atom. The monoisotopic (exact) mass is 220 g/mol. The molecule has 1 aromatic rings. The zero-order valence-corrected chi connectivity index (χ0v) is 9.95. The van der Waals surface area contributed by atoms with E-state index in [1.54, 1.807) is 0 Å².